The lowest BCUT2D eigenvalue weighted by Crippen LogP contribution is -2.50. The van der Waals surface area contributed by atoms with Crippen LogP contribution >= 0.6 is 0 Å². The van der Waals surface area contributed by atoms with Gasteiger partial charge in [-0.15, -0.1) is 0 Å². The fraction of sp³-hybridized carbons (Fsp3) is 0.875. The second kappa shape index (κ2) is 3.22. The Morgan fingerprint density at radius 2 is 2.00 bits per heavy atom. The lowest BCUT2D eigenvalue weighted by Gasteiger charge is -2.26. The molecule has 1 rings (SSSR count). The number of quaternary nitrogens is 1. The van der Waals surface area contributed by atoms with Gasteiger partial charge < -0.3 is 5.11 Å². The number of carboxylic acid groups (broad SMARTS) is 1. The summed E-state index contributed by atoms with van der Waals surface area (Å²) in [6.45, 7) is 4.52. The van der Waals surface area contributed by atoms with Gasteiger partial charge in [0.15, 0.2) is 0 Å². The average Bonchev–Trinajstić information content (AvgIpc) is 2.38. The summed E-state index contributed by atoms with van der Waals surface area (Å²) in [5, 5.41) is 8.97. The van der Waals surface area contributed by atoms with Crippen LogP contribution in [0.5, 0.6) is 0 Å². The molecule has 1 aliphatic heterocycles. The van der Waals surface area contributed by atoms with Gasteiger partial charge in [-0.05, 0) is 6.42 Å². The molecule has 0 saturated carbocycles. The predicted molar refractivity (Wildman–Crippen MR) is 42.4 cm³/mol. The fourth-order valence-electron chi connectivity index (χ4n) is 1.88. The van der Waals surface area contributed by atoms with Crippen molar-refractivity contribution in [2.45, 2.75) is 26.2 Å². The van der Waals surface area contributed by atoms with E-state index in [1.807, 2.05) is 6.92 Å². The van der Waals surface area contributed by atoms with Crippen molar-refractivity contribution in [2.24, 2.45) is 0 Å². The number of hydrogen-bond donors (Lipinski definition) is 1. The standard InChI is InChI=1S/C8H15NO2/c1-2-5-9(8(10)11)6-3-4-7-9/h2-7H2,1H3/p+1. The molecule has 0 radical (unpaired) electrons. The van der Waals surface area contributed by atoms with E-state index in [0.717, 1.165) is 38.9 Å². The Bertz CT molecular complexity index is 150. The molecule has 0 atom stereocenters. The Hall–Kier alpha value is -0.570. The van der Waals surface area contributed by atoms with Crippen molar-refractivity contribution in [3.05, 3.63) is 0 Å². The minimum atomic E-state index is -0.635. The van der Waals surface area contributed by atoms with Gasteiger partial charge in [-0.3, -0.25) is 0 Å². The Balaban J connectivity index is 2.62. The summed E-state index contributed by atoms with van der Waals surface area (Å²) >= 11 is 0. The Kier molecular flexibility index (Phi) is 2.49. The molecule has 11 heavy (non-hydrogen) atoms. The highest BCUT2D eigenvalue weighted by Gasteiger charge is 2.38. The monoisotopic (exact) mass is 158 g/mol. The molecule has 0 unspecified atom stereocenters. The third-order valence-electron chi connectivity index (χ3n) is 2.48. The molecule has 3 nitrogen and oxygen atoms in total. The Morgan fingerprint density at radius 1 is 1.45 bits per heavy atom. The van der Waals surface area contributed by atoms with Crippen LogP contribution in [0.3, 0.4) is 0 Å². The third-order valence-corrected chi connectivity index (χ3v) is 2.48. The zero-order valence-electron chi connectivity index (χ0n) is 7.05. The van der Waals surface area contributed by atoms with Gasteiger partial charge in [-0.25, -0.2) is 4.48 Å². The van der Waals surface area contributed by atoms with E-state index in [1.165, 1.54) is 0 Å². The zero-order chi connectivity index (χ0) is 8.32. The van der Waals surface area contributed by atoms with Gasteiger partial charge in [0.25, 0.3) is 0 Å². The van der Waals surface area contributed by atoms with E-state index in [1.54, 1.807) is 0 Å². The number of amides is 1. The molecule has 1 amide bonds. The molecule has 64 valence electrons. The van der Waals surface area contributed by atoms with Crippen LogP contribution < -0.4 is 0 Å². The summed E-state index contributed by atoms with van der Waals surface area (Å²) in [5.41, 5.74) is 0. The predicted octanol–water partition coefficient (Wildman–Crippen LogP) is 1.69. The molecule has 0 aromatic rings. The molecule has 0 spiro atoms. The van der Waals surface area contributed by atoms with Crippen LogP contribution in [-0.2, 0) is 0 Å². The topological polar surface area (TPSA) is 37.3 Å². The number of nitrogens with zero attached hydrogens (tertiary/aromatic N) is 1. The number of carbonyl (C=O) groups is 1. The van der Waals surface area contributed by atoms with E-state index in [0.29, 0.717) is 4.48 Å². The van der Waals surface area contributed by atoms with E-state index in [-0.39, 0.29) is 0 Å². The van der Waals surface area contributed by atoms with Gasteiger partial charge >= 0.3 is 6.09 Å². The lowest BCUT2D eigenvalue weighted by molar-refractivity contribution is -0.844. The first kappa shape index (κ1) is 8.53. The molecule has 1 fully saturated rings. The summed E-state index contributed by atoms with van der Waals surface area (Å²) in [6.07, 6.45) is 2.48. The smallest absolute Gasteiger partial charge is 0.435 e. The van der Waals surface area contributed by atoms with E-state index >= 15 is 0 Å². The molecule has 1 saturated heterocycles. The maximum Gasteiger partial charge on any atom is 0.513 e. The Labute approximate surface area is 67.2 Å². The maximum atomic E-state index is 10.9. The van der Waals surface area contributed by atoms with Crippen molar-refractivity contribution in [3.8, 4) is 0 Å². The van der Waals surface area contributed by atoms with Crippen molar-refractivity contribution >= 4 is 6.09 Å². The first-order chi connectivity index (χ1) is 5.21. The first-order valence-corrected chi connectivity index (χ1v) is 4.31. The minimum absolute atomic E-state index is 0.316. The van der Waals surface area contributed by atoms with E-state index in [2.05, 4.69) is 0 Å². The van der Waals surface area contributed by atoms with Crippen LogP contribution in [0, 0.1) is 0 Å². The molecule has 3 heteroatoms. The molecule has 1 heterocycles. The Morgan fingerprint density at radius 3 is 2.36 bits per heavy atom. The molecule has 1 aliphatic rings. The van der Waals surface area contributed by atoms with Gasteiger partial charge in [-0.2, -0.15) is 4.79 Å². The second-order valence-electron chi connectivity index (χ2n) is 3.31. The zero-order valence-corrected chi connectivity index (χ0v) is 7.05. The van der Waals surface area contributed by atoms with Crippen LogP contribution in [0.4, 0.5) is 4.79 Å². The van der Waals surface area contributed by atoms with Crippen LogP contribution in [0.1, 0.15) is 26.2 Å². The number of likely N-dealkylation sites (tertiary alicyclic amines) is 1. The van der Waals surface area contributed by atoms with Crippen molar-refractivity contribution < 1.29 is 14.4 Å². The van der Waals surface area contributed by atoms with Crippen molar-refractivity contribution in [3.63, 3.8) is 0 Å². The highest BCUT2D eigenvalue weighted by Crippen LogP contribution is 2.20. The highest BCUT2D eigenvalue weighted by molar-refractivity contribution is 5.56. The van der Waals surface area contributed by atoms with Gasteiger partial charge in [-0.1, -0.05) is 6.92 Å². The van der Waals surface area contributed by atoms with Crippen molar-refractivity contribution in [1.29, 1.82) is 0 Å². The van der Waals surface area contributed by atoms with E-state index < -0.39 is 6.09 Å². The molecule has 0 bridgehead atoms. The molecule has 0 aromatic heterocycles. The third kappa shape index (κ3) is 1.53. The average molecular weight is 158 g/mol. The summed E-state index contributed by atoms with van der Waals surface area (Å²) < 4.78 is 0.316. The van der Waals surface area contributed by atoms with Crippen LogP contribution in [-0.4, -0.2) is 35.3 Å². The number of hydrogen-bond acceptors (Lipinski definition) is 1. The molecular weight excluding hydrogens is 142 g/mol. The summed E-state index contributed by atoms with van der Waals surface area (Å²) in [5.74, 6) is 0. The first-order valence-electron chi connectivity index (χ1n) is 4.31. The lowest BCUT2D eigenvalue weighted by atomic mass is 10.3. The normalized spacial score (nSPS) is 21.9. The summed E-state index contributed by atoms with van der Waals surface area (Å²) in [6, 6.07) is 0. The quantitative estimate of drug-likeness (QED) is 0.621. The second-order valence-corrected chi connectivity index (χ2v) is 3.31. The van der Waals surface area contributed by atoms with Crippen LogP contribution in [0.2, 0.25) is 0 Å². The van der Waals surface area contributed by atoms with Gasteiger partial charge in [0, 0.05) is 12.8 Å². The molecular formula is C8H16NO2+. The SMILES string of the molecule is CCC[N+]1(C(=O)O)CCCC1. The van der Waals surface area contributed by atoms with Crippen molar-refractivity contribution in [1.82, 2.24) is 0 Å². The summed E-state index contributed by atoms with van der Waals surface area (Å²) in [7, 11) is 0. The van der Waals surface area contributed by atoms with Crippen LogP contribution in [0.25, 0.3) is 0 Å². The largest absolute Gasteiger partial charge is 0.513 e. The van der Waals surface area contributed by atoms with Crippen LogP contribution in [0.15, 0.2) is 0 Å². The summed E-state index contributed by atoms with van der Waals surface area (Å²) in [4.78, 5) is 10.9. The molecule has 0 aromatic carbocycles. The molecule has 0 aliphatic carbocycles. The van der Waals surface area contributed by atoms with E-state index in [4.69, 9.17) is 5.11 Å². The van der Waals surface area contributed by atoms with Crippen molar-refractivity contribution in [2.75, 3.05) is 19.6 Å². The van der Waals surface area contributed by atoms with Gasteiger partial charge in [0.1, 0.15) is 0 Å². The van der Waals surface area contributed by atoms with Gasteiger partial charge in [0.2, 0.25) is 0 Å². The number of rotatable bonds is 2. The van der Waals surface area contributed by atoms with Gasteiger partial charge in [0.05, 0.1) is 19.6 Å². The van der Waals surface area contributed by atoms with E-state index in [9.17, 15) is 4.79 Å². The highest BCUT2D eigenvalue weighted by atomic mass is 16.4. The maximum absolute atomic E-state index is 10.9. The minimum Gasteiger partial charge on any atom is -0.435 e. The molecule has 1 N–H and O–H groups in total. The fourth-order valence-corrected chi connectivity index (χ4v) is 1.88.